The van der Waals surface area contributed by atoms with E-state index in [1.165, 1.54) is 17.4 Å². The van der Waals surface area contributed by atoms with Crippen molar-refractivity contribution in [1.29, 1.82) is 0 Å². The van der Waals surface area contributed by atoms with Crippen molar-refractivity contribution in [3.63, 3.8) is 0 Å². The quantitative estimate of drug-likeness (QED) is 0.779. The van der Waals surface area contributed by atoms with Gasteiger partial charge in [0.1, 0.15) is 10.8 Å². The van der Waals surface area contributed by atoms with Gasteiger partial charge in [0.15, 0.2) is 0 Å². The number of nitrogens with two attached hydrogens (primary N) is 1. The molecule has 2 nitrogen and oxygen atoms in total. The van der Waals surface area contributed by atoms with Gasteiger partial charge < -0.3 is 5.73 Å². The first-order valence-corrected chi connectivity index (χ1v) is 7.57. The predicted molar refractivity (Wildman–Crippen MR) is 85.6 cm³/mol. The lowest BCUT2D eigenvalue weighted by molar-refractivity contribution is 0.619. The Hall–Kier alpha value is -2.04. The molecule has 3 aromatic rings. The first-order valence-electron chi connectivity index (χ1n) is 6.69. The maximum absolute atomic E-state index is 13.6. The molecule has 106 valence electrons. The van der Waals surface area contributed by atoms with Crippen LogP contribution in [-0.4, -0.2) is 4.98 Å². The number of hydrogen-bond donors (Lipinski definition) is 1. The first-order chi connectivity index (χ1) is 10.2. The summed E-state index contributed by atoms with van der Waals surface area (Å²) in [4.78, 5) is 4.60. The van der Waals surface area contributed by atoms with Crippen LogP contribution in [0.2, 0.25) is 0 Å². The summed E-state index contributed by atoms with van der Waals surface area (Å²) >= 11 is 1.52. The number of nitrogens with zero attached hydrogens (tertiary/aromatic N) is 1. The predicted octanol–water partition coefficient (Wildman–Crippen LogP) is 4.38. The molecule has 2 N–H and O–H groups in total. The molecule has 0 amide bonds. The minimum Gasteiger partial charge on any atom is -0.326 e. The Morgan fingerprint density at radius 1 is 1.10 bits per heavy atom. The van der Waals surface area contributed by atoms with Crippen molar-refractivity contribution in [2.45, 2.75) is 13.5 Å². The van der Waals surface area contributed by atoms with Crippen LogP contribution in [0.15, 0.2) is 47.8 Å². The first kappa shape index (κ1) is 13.9. The standard InChI is InChI=1S/C17H15FN2S/c1-11-2-5-14(8-15(11)18)17-20-16(10-21-17)13-6-3-12(9-19)4-7-13/h2-8,10H,9,19H2,1H3. The normalized spacial score (nSPS) is 10.8. The highest BCUT2D eigenvalue weighted by atomic mass is 32.1. The van der Waals surface area contributed by atoms with Crippen LogP contribution in [0.5, 0.6) is 0 Å². The Kier molecular flexibility index (Phi) is 3.82. The van der Waals surface area contributed by atoms with Crippen molar-refractivity contribution in [3.8, 4) is 21.8 Å². The minimum atomic E-state index is -0.198. The van der Waals surface area contributed by atoms with Crippen molar-refractivity contribution in [3.05, 3.63) is 64.8 Å². The van der Waals surface area contributed by atoms with Crippen LogP contribution >= 0.6 is 11.3 Å². The second-order valence-electron chi connectivity index (χ2n) is 4.90. The zero-order valence-electron chi connectivity index (χ0n) is 11.6. The third-order valence-corrected chi connectivity index (χ3v) is 4.30. The molecule has 2 aromatic carbocycles. The molecule has 0 saturated heterocycles. The van der Waals surface area contributed by atoms with Crippen LogP contribution in [0.3, 0.4) is 0 Å². The molecule has 0 aliphatic heterocycles. The fourth-order valence-electron chi connectivity index (χ4n) is 2.08. The molecule has 0 spiro atoms. The SMILES string of the molecule is Cc1ccc(-c2nc(-c3ccc(CN)cc3)cs2)cc1F. The number of halogens is 1. The number of rotatable bonds is 3. The Labute approximate surface area is 127 Å². The zero-order valence-corrected chi connectivity index (χ0v) is 12.5. The van der Waals surface area contributed by atoms with Crippen LogP contribution in [0.25, 0.3) is 21.8 Å². The van der Waals surface area contributed by atoms with Crippen molar-refractivity contribution < 1.29 is 4.39 Å². The highest BCUT2D eigenvalue weighted by molar-refractivity contribution is 7.13. The summed E-state index contributed by atoms with van der Waals surface area (Å²) in [5, 5.41) is 2.82. The molecule has 4 heteroatoms. The van der Waals surface area contributed by atoms with Gasteiger partial charge in [0.2, 0.25) is 0 Å². The van der Waals surface area contributed by atoms with Gasteiger partial charge in [-0.2, -0.15) is 0 Å². The number of thiazole rings is 1. The summed E-state index contributed by atoms with van der Waals surface area (Å²) < 4.78 is 13.6. The van der Waals surface area contributed by atoms with Crippen LogP contribution < -0.4 is 5.73 Å². The van der Waals surface area contributed by atoms with E-state index in [0.717, 1.165) is 27.4 Å². The fourth-order valence-corrected chi connectivity index (χ4v) is 2.90. The topological polar surface area (TPSA) is 38.9 Å². The molecule has 1 aromatic heterocycles. The smallest absolute Gasteiger partial charge is 0.126 e. The van der Waals surface area contributed by atoms with Crippen molar-refractivity contribution in [2.24, 2.45) is 5.73 Å². The second-order valence-corrected chi connectivity index (χ2v) is 5.76. The highest BCUT2D eigenvalue weighted by Crippen LogP contribution is 2.29. The van der Waals surface area contributed by atoms with Crippen molar-refractivity contribution in [1.82, 2.24) is 4.98 Å². The fraction of sp³-hybridized carbons (Fsp3) is 0.118. The van der Waals surface area contributed by atoms with E-state index in [4.69, 9.17) is 5.73 Å². The molecule has 0 unspecified atom stereocenters. The Morgan fingerprint density at radius 3 is 2.48 bits per heavy atom. The summed E-state index contributed by atoms with van der Waals surface area (Å²) in [5.41, 5.74) is 10.1. The average Bonchev–Trinajstić information content (AvgIpc) is 3.00. The minimum absolute atomic E-state index is 0.198. The third-order valence-electron chi connectivity index (χ3n) is 3.41. The summed E-state index contributed by atoms with van der Waals surface area (Å²) in [6.45, 7) is 2.29. The number of aromatic nitrogens is 1. The summed E-state index contributed by atoms with van der Waals surface area (Å²) in [6, 6.07) is 13.2. The molecule has 3 rings (SSSR count). The number of aryl methyl sites for hydroxylation is 1. The van der Waals surface area contributed by atoms with E-state index in [9.17, 15) is 4.39 Å². The van der Waals surface area contributed by atoms with Crippen molar-refractivity contribution in [2.75, 3.05) is 0 Å². The monoisotopic (exact) mass is 298 g/mol. The molecule has 0 atom stereocenters. The van der Waals surface area contributed by atoms with E-state index in [-0.39, 0.29) is 5.82 Å². The van der Waals surface area contributed by atoms with E-state index >= 15 is 0 Å². The van der Waals surface area contributed by atoms with E-state index in [1.54, 1.807) is 13.0 Å². The van der Waals surface area contributed by atoms with Gasteiger partial charge in [-0.15, -0.1) is 11.3 Å². The number of hydrogen-bond acceptors (Lipinski definition) is 3. The van der Waals surface area contributed by atoms with Gasteiger partial charge in [-0.05, 0) is 24.1 Å². The largest absolute Gasteiger partial charge is 0.326 e. The summed E-state index contributed by atoms with van der Waals surface area (Å²) in [6.07, 6.45) is 0. The molecular weight excluding hydrogens is 283 g/mol. The van der Waals surface area contributed by atoms with Crippen molar-refractivity contribution >= 4 is 11.3 Å². The maximum atomic E-state index is 13.6. The lowest BCUT2D eigenvalue weighted by Gasteiger charge is -2.00. The van der Waals surface area contributed by atoms with Crippen LogP contribution in [0, 0.1) is 12.7 Å². The molecule has 1 heterocycles. The Bertz CT molecular complexity index is 763. The molecule has 0 bridgehead atoms. The Morgan fingerprint density at radius 2 is 1.81 bits per heavy atom. The molecule has 21 heavy (non-hydrogen) atoms. The summed E-state index contributed by atoms with van der Waals surface area (Å²) in [5.74, 6) is -0.198. The second kappa shape index (κ2) is 5.76. The molecule has 0 aliphatic rings. The van der Waals surface area contributed by atoms with E-state index in [1.807, 2.05) is 35.7 Å². The average molecular weight is 298 g/mol. The van der Waals surface area contributed by atoms with E-state index in [0.29, 0.717) is 12.1 Å². The summed E-state index contributed by atoms with van der Waals surface area (Å²) in [7, 11) is 0. The molecule has 0 aliphatic carbocycles. The lowest BCUT2D eigenvalue weighted by atomic mass is 10.1. The van der Waals surface area contributed by atoms with Crippen LogP contribution in [-0.2, 0) is 6.54 Å². The van der Waals surface area contributed by atoms with Gasteiger partial charge in [0, 0.05) is 23.1 Å². The van der Waals surface area contributed by atoms with E-state index < -0.39 is 0 Å². The van der Waals surface area contributed by atoms with Crippen LogP contribution in [0.1, 0.15) is 11.1 Å². The Balaban J connectivity index is 1.93. The van der Waals surface area contributed by atoms with Gasteiger partial charge in [-0.1, -0.05) is 36.4 Å². The zero-order chi connectivity index (χ0) is 14.8. The van der Waals surface area contributed by atoms with Gasteiger partial charge in [0.25, 0.3) is 0 Å². The lowest BCUT2D eigenvalue weighted by Crippen LogP contribution is -1.95. The van der Waals surface area contributed by atoms with Gasteiger partial charge >= 0.3 is 0 Å². The third kappa shape index (κ3) is 2.86. The highest BCUT2D eigenvalue weighted by Gasteiger charge is 2.08. The van der Waals surface area contributed by atoms with Gasteiger partial charge in [-0.25, -0.2) is 9.37 Å². The maximum Gasteiger partial charge on any atom is 0.126 e. The molecule has 0 saturated carbocycles. The van der Waals surface area contributed by atoms with Gasteiger partial charge in [-0.3, -0.25) is 0 Å². The van der Waals surface area contributed by atoms with Gasteiger partial charge in [0.05, 0.1) is 5.69 Å². The number of benzene rings is 2. The molecule has 0 fully saturated rings. The molecular formula is C17H15FN2S. The van der Waals surface area contributed by atoms with Crippen LogP contribution in [0.4, 0.5) is 4.39 Å². The molecule has 0 radical (unpaired) electrons. The van der Waals surface area contributed by atoms with E-state index in [2.05, 4.69) is 4.98 Å².